The van der Waals surface area contributed by atoms with Crippen molar-refractivity contribution in [3.63, 3.8) is 0 Å². The van der Waals surface area contributed by atoms with Crippen molar-refractivity contribution in [3.05, 3.63) is 82.9 Å². The van der Waals surface area contributed by atoms with Crippen molar-refractivity contribution in [2.75, 3.05) is 27.2 Å². The Balaban J connectivity index is 1.21. The minimum absolute atomic E-state index is 0.0685. The second-order valence-electron chi connectivity index (χ2n) is 12.5. The zero-order valence-electron chi connectivity index (χ0n) is 28.3. The maximum absolute atomic E-state index is 13.6. The van der Waals surface area contributed by atoms with Gasteiger partial charge in [-0.05, 0) is 78.3 Å². The Hall–Kier alpha value is -5.54. The number of fused-ring (bicyclic) bond motifs is 2. The second kappa shape index (κ2) is 14.5. The summed E-state index contributed by atoms with van der Waals surface area (Å²) >= 11 is 6.05. The van der Waals surface area contributed by atoms with Crippen LogP contribution in [0.4, 0.5) is 5.82 Å². The van der Waals surface area contributed by atoms with E-state index >= 15 is 0 Å². The molecule has 3 aromatic heterocycles. The van der Waals surface area contributed by atoms with Gasteiger partial charge in [0.2, 0.25) is 12.2 Å². The zero-order valence-corrected chi connectivity index (χ0v) is 29.1. The number of esters is 1. The largest absolute Gasteiger partial charge is 0.497 e. The summed E-state index contributed by atoms with van der Waals surface area (Å²) in [4.78, 5) is 50.1. The molecule has 5 aromatic rings. The van der Waals surface area contributed by atoms with Gasteiger partial charge in [0.1, 0.15) is 17.6 Å². The first kappa shape index (κ1) is 34.3. The molecule has 0 spiro atoms. The van der Waals surface area contributed by atoms with Crippen molar-refractivity contribution in [1.82, 2.24) is 24.0 Å². The lowest BCUT2D eigenvalue weighted by Crippen LogP contribution is -2.44. The number of amides is 1. The van der Waals surface area contributed by atoms with Gasteiger partial charge in [-0.15, -0.1) is 0 Å². The Morgan fingerprint density at radius 2 is 1.90 bits per heavy atom. The average molecular weight is 695 g/mol. The fourth-order valence-electron chi connectivity index (χ4n) is 6.57. The summed E-state index contributed by atoms with van der Waals surface area (Å²) < 4.78 is 16.5. The maximum Gasteiger partial charge on any atom is 0.335 e. The van der Waals surface area contributed by atoms with Gasteiger partial charge in [0, 0.05) is 46.9 Å². The van der Waals surface area contributed by atoms with Gasteiger partial charge >= 0.3 is 11.8 Å². The number of nitriles is 1. The maximum atomic E-state index is 13.6. The average Bonchev–Trinajstić information content (AvgIpc) is 3.65. The number of benzene rings is 2. The summed E-state index contributed by atoms with van der Waals surface area (Å²) in [7, 11) is 3.47. The summed E-state index contributed by atoms with van der Waals surface area (Å²) in [5.74, 6) is 0.839. The van der Waals surface area contributed by atoms with Crippen molar-refractivity contribution in [2.45, 2.75) is 39.8 Å². The highest BCUT2D eigenvalue weighted by Gasteiger charge is 2.30. The number of methoxy groups -OCH3 is 1. The van der Waals surface area contributed by atoms with E-state index in [2.05, 4.69) is 23.1 Å². The standard InChI is InChI=1S/C37H37ClN7O5/c1-23-12-15-43(33(46)11-14-39)20-26(23)19-42(3)35-29-13-16-44(36(29)41-21-40-35)22-50-34(47)18-30-24(2)45(32-10-9-28(49-4)17-31(30)32)37(48)25-5-7-27(38)8-6-25/h5-10,13,16-17,19,21,23,26H,11-12,15,18,20,22H2,1-4H3/q+1/b42-19-/t23-,26?/m1/s1. The lowest BCUT2D eigenvalue weighted by molar-refractivity contribution is -0.405. The van der Waals surface area contributed by atoms with Crippen LogP contribution < -0.4 is 4.74 Å². The predicted octanol–water partition coefficient (Wildman–Crippen LogP) is 5.53. The minimum atomic E-state index is -0.475. The first-order valence-electron chi connectivity index (χ1n) is 16.3. The Kier molecular flexibility index (Phi) is 9.97. The van der Waals surface area contributed by atoms with Crippen molar-refractivity contribution < 1.29 is 28.4 Å². The molecule has 0 bridgehead atoms. The number of piperidine rings is 1. The van der Waals surface area contributed by atoms with Gasteiger partial charge in [0.15, 0.2) is 12.4 Å². The number of hydrogen-bond donors (Lipinski definition) is 0. The first-order chi connectivity index (χ1) is 24.1. The normalized spacial score (nSPS) is 16.4. The van der Waals surface area contributed by atoms with E-state index in [1.54, 1.807) is 63.7 Å². The van der Waals surface area contributed by atoms with Gasteiger partial charge in [0.05, 0.1) is 38.4 Å². The highest BCUT2D eigenvalue weighted by Crippen LogP contribution is 2.31. The number of halogens is 1. The van der Waals surface area contributed by atoms with Crippen LogP contribution in [0, 0.1) is 30.1 Å². The number of carbonyl (C=O) groups is 3. The molecule has 1 fully saturated rings. The number of aromatic nitrogens is 4. The minimum Gasteiger partial charge on any atom is -0.497 e. The van der Waals surface area contributed by atoms with E-state index in [1.807, 2.05) is 36.7 Å². The number of nitrogens with zero attached hydrogens (tertiary/aromatic N) is 7. The van der Waals surface area contributed by atoms with E-state index in [-0.39, 0.29) is 37.3 Å². The van der Waals surface area contributed by atoms with Gasteiger partial charge in [-0.2, -0.15) is 10.2 Å². The Bertz CT molecular complexity index is 2180. The molecule has 256 valence electrons. The molecule has 6 rings (SSSR count). The van der Waals surface area contributed by atoms with Crippen molar-refractivity contribution in [3.8, 4) is 11.8 Å². The van der Waals surface area contributed by atoms with Crippen LogP contribution in [-0.4, -0.2) is 79.8 Å². The van der Waals surface area contributed by atoms with Crippen LogP contribution in [0.5, 0.6) is 5.75 Å². The highest BCUT2D eigenvalue weighted by molar-refractivity contribution is 6.30. The Labute approximate surface area is 294 Å². The van der Waals surface area contributed by atoms with Crippen LogP contribution >= 0.6 is 11.6 Å². The molecular weight excluding hydrogens is 658 g/mol. The highest BCUT2D eigenvalue weighted by atomic mass is 35.5. The van der Waals surface area contributed by atoms with Crippen LogP contribution in [0.1, 0.15) is 41.4 Å². The summed E-state index contributed by atoms with van der Waals surface area (Å²) in [6, 6.07) is 15.9. The number of ether oxygens (including phenoxy) is 2. The van der Waals surface area contributed by atoms with Gasteiger partial charge in [-0.1, -0.05) is 18.5 Å². The van der Waals surface area contributed by atoms with Crippen molar-refractivity contribution in [2.24, 2.45) is 11.8 Å². The molecule has 0 saturated carbocycles. The van der Waals surface area contributed by atoms with E-state index < -0.39 is 5.97 Å². The number of rotatable bonds is 9. The van der Waals surface area contributed by atoms with Crippen molar-refractivity contribution >= 4 is 63.4 Å². The summed E-state index contributed by atoms with van der Waals surface area (Å²) in [5, 5.41) is 11.0. The molecule has 12 nitrogen and oxygen atoms in total. The molecule has 0 radical (unpaired) electrons. The van der Waals surface area contributed by atoms with Gasteiger partial charge < -0.3 is 14.4 Å². The molecule has 50 heavy (non-hydrogen) atoms. The van der Waals surface area contributed by atoms with Crippen molar-refractivity contribution in [1.29, 1.82) is 5.26 Å². The molecule has 1 amide bonds. The fraction of sp³-hybridized carbons (Fsp3) is 0.324. The molecule has 2 aromatic carbocycles. The SMILES string of the molecule is COc1ccc2c(c1)c(CC(=O)OCn1ccc3c(/[N+](C)=C\C4CN(C(=O)CC#N)CC[C@H]4C)ncnc31)c(C)n2C(=O)c1ccc(Cl)cc1. The molecule has 13 heteroatoms. The lowest BCUT2D eigenvalue weighted by Gasteiger charge is -2.34. The van der Waals surface area contributed by atoms with Crippen LogP contribution in [0.15, 0.2) is 61.1 Å². The van der Waals surface area contributed by atoms with Crippen LogP contribution in [-0.2, 0) is 27.5 Å². The van der Waals surface area contributed by atoms with Gasteiger partial charge in [-0.3, -0.25) is 23.5 Å². The molecule has 0 N–H and O–H groups in total. The molecule has 1 aliphatic heterocycles. The molecule has 4 heterocycles. The monoisotopic (exact) mass is 694 g/mol. The Morgan fingerprint density at radius 1 is 1.12 bits per heavy atom. The third-order valence-electron chi connectivity index (χ3n) is 9.41. The summed E-state index contributed by atoms with van der Waals surface area (Å²) in [6.07, 6.45) is 5.99. The van der Waals surface area contributed by atoms with E-state index in [0.29, 0.717) is 69.0 Å². The molecule has 0 aliphatic carbocycles. The number of likely N-dealkylation sites (tertiary alicyclic amines) is 1. The molecule has 1 aliphatic rings. The van der Waals surface area contributed by atoms with Crippen LogP contribution in [0.25, 0.3) is 21.9 Å². The smallest absolute Gasteiger partial charge is 0.335 e. The Morgan fingerprint density at radius 3 is 2.64 bits per heavy atom. The third-order valence-corrected chi connectivity index (χ3v) is 9.66. The molecule has 1 unspecified atom stereocenters. The molecular formula is C37H37ClN7O5+. The van der Waals surface area contributed by atoms with E-state index in [1.165, 1.54) is 6.33 Å². The lowest BCUT2D eigenvalue weighted by atomic mass is 9.87. The second-order valence-corrected chi connectivity index (χ2v) is 12.9. The van der Waals surface area contributed by atoms with E-state index in [4.69, 9.17) is 26.3 Å². The molecule has 2 atom stereocenters. The first-order valence-corrected chi connectivity index (χ1v) is 16.6. The number of hydrogen-bond acceptors (Lipinski definition) is 8. The summed E-state index contributed by atoms with van der Waals surface area (Å²) in [6.45, 7) is 5.08. The molecule has 1 saturated heterocycles. The van der Waals surface area contributed by atoms with E-state index in [0.717, 1.165) is 11.8 Å². The predicted molar refractivity (Wildman–Crippen MR) is 188 cm³/mol. The zero-order chi connectivity index (χ0) is 35.5. The van der Waals surface area contributed by atoms with Crippen LogP contribution in [0.3, 0.4) is 0 Å². The van der Waals surface area contributed by atoms with Gasteiger partial charge in [0.25, 0.3) is 5.91 Å². The third kappa shape index (κ3) is 6.82. The van der Waals surface area contributed by atoms with Crippen LogP contribution in [0.2, 0.25) is 5.02 Å². The topological polar surface area (TPSA) is 135 Å². The summed E-state index contributed by atoms with van der Waals surface area (Å²) in [5.41, 5.74) is 2.99. The van der Waals surface area contributed by atoms with Gasteiger partial charge in [-0.25, -0.2) is 4.58 Å². The fourth-order valence-corrected chi connectivity index (χ4v) is 6.69. The van der Waals surface area contributed by atoms with E-state index in [9.17, 15) is 14.4 Å². The quantitative estimate of drug-likeness (QED) is 0.112. The number of carbonyl (C=O) groups excluding carboxylic acids is 3.